The molecule has 3 fully saturated rings. The lowest BCUT2D eigenvalue weighted by atomic mass is 9.68. The zero-order valence-corrected chi connectivity index (χ0v) is 34.7. The highest BCUT2D eigenvalue weighted by molar-refractivity contribution is 6.06. The number of benzene rings is 2. The monoisotopic (exact) mass is 878 g/mol. The van der Waals surface area contributed by atoms with Gasteiger partial charge in [-0.3, -0.25) is 28.8 Å². The second kappa shape index (κ2) is 22.0. The van der Waals surface area contributed by atoms with Gasteiger partial charge in [0, 0.05) is 44.7 Å². The van der Waals surface area contributed by atoms with Gasteiger partial charge in [-0.25, -0.2) is 19.2 Å². The fourth-order valence-electron chi connectivity index (χ4n) is 7.97. The number of rotatable bonds is 22. The number of amides is 7. The lowest BCUT2D eigenvalue weighted by molar-refractivity contribution is -0.209. The van der Waals surface area contributed by atoms with Crippen molar-refractivity contribution < 1.29 is 68.1 Å². The number of hydroxylamine groups is 2. The smallest absolute Gasteiger partial charge is 0.348 e. The molecule has 0 spiro atoms. The molecule has 2 aromatic carbocycles. The van der Waals surface area contributed by atoms with E-state index in [9.17, 15) is 58.2 Å². The van der Waals surface area contributed by atoms with Gasteiger partial charge in [0.15, 0.2) is 0 Å². The van der Waals surface area contributed by atoms with E-state index in [1.807, 2.05) is 42.5 Å². The van der Waals surface area contributed by atoms with Crippen molar-refractivity contribution in [2.75, 3.05) is 13.1 Å². The molecule has 0 aromatic heterocycles. The van der Waals surface area contributed by atoms with E-state index in [-0.39, 0.29) is 69.9 Å². The van der Waals surface area contributed by atoms with E-state index < -0.39 is 95.8 Å². The fraction of sp³-hybridized carbons (Fsp3) is 0.535. The molecule has 2 aromatic rings. The molecule has 1 saturated heterocycles. The molecule has 2 aliphatic carbocycles. The molecule has 1 aliphatic heterocycles. The first-order valence-corrected chi connectivity index (χ1v) is 21.2. The van der Waals surface area contributed by atoms with E-state index in [4.69, 9.17) is 9.94 Å². The summed E-state index contributed by atoms with van der Waals surface area (Å²) in [5, 5.41) is 43.0. The number of carbonyl (C=O) groups excluding carboxylic acids is 7. The SMILES string of the molecule is O=C(O)CC[C@H](NC(=O)N[C@@H](CCCCNC(=O)[C@H](Cc1ccc2ccccc2c1)NC(=O)C1CCC(CNC(=O)C2(C(=O)ON3C(=O)CCC3=O)CCC2)CC1)C(=O)O)C(=O)O. The highest BCUT2D eigenvalue weighted by atomic mass is 16.7. The standard InChI is InChI=1S/C43H54N6O14/c50-33-16-17-34(51)49(33)63-41(61)43(19-5-20-43)40(60)45-24-25-9-13-28(14-10-25)36(54)46-32(23-26-11-12-27-6-1-2-7-29(27)22-26)37(55)44-21-4-3-8-30(38(56)57)47-42(62)48-31(39(58)59)15-18-35(52)53/h1-2,6-7,11-12,22,25,28,30-32H,3-5,8-10,13-21,23-24H2,(H,44,55)(H,45,60)(H,46,54)(H,52,53)(H,56,57)(H,58,59)(H2,47,48,62)/t25?,28?,30-,31-,32-/m0/s1. The lowest BCUT2D eigenvalue weighted by Crippen LogP contribution is -2.54. The maximum Gasteiger partial charge on any atom is 0.348 e. The zero-order chi connectivity index (χ0) is 45.7. The Morgan fingerprint density at radius 3 is 1.98 bits per heavy atom. The summed E-state index contributed by atoms with van der Waals surface area (Å²) in [6.45, 7) is 0.370. The van der Waals surface area contributed by atoms with Crippen molar-refractivity contribution in [3.05, 3.63) is 48.0 Å². The molecule has 8 N–H and O–H groups in total. The number of urea groups is 1. The van der Waals surface area contributed by atoms with Crippen molar-refractivity contribution in [1.29, 1.82) is 0 Å². The minimum absolute atomic E-state index is 0.0142. The van der Waals surface area contributed by atoms with Crippen LogP contribution in [-0.2, 0) is 54.4 Å². The molecule has 5 rings (SSSR count). The second-order valence-electron chi connectivity index (χ2n) is 16.4. The highest BCUT2D eigenvalue weighted by Crippen LogP contribution is 2.43. The summed E-state index contributed by atoms with van der Waals surface area (Å²) >= 11 is 0. The van der Waals surface area contributed by atoms with Crippen LogP contribution in [0, 0.1) is 17.3 Å². The number of nitrogens with zero attached hydrogens (tertiary/aromatic N) is 1. The summed E-state index contributed by atoms with van der Waals surface area (Å²) in [6, 6.07) is 8.48. The van der Waals surface area contributed by atoms with Crippen LogP contribution in [0.3, 0.4) is 0 Å². The van der Waals surface area contributed by atoms with E-state index in [1.54, 1.807) is 0 Å². The molecule has 20 heteroatoms. The number of imide groups is 1. The van der Waals surface area contributed by atoms with Crippen molar-refractivity contribution in [1.82, 2.24) is 31.6 Å². The molecule has 20 nitrogen and oxygen atoms in total. The number of carbonyl (C=O) groups is 10. The maximum absolute atomic E-state index is 13.7. The zero-order valence-electron chi connectivity index (χ0n) is 34.7. The first-order chi connectivity index (χ1) is 30.1. The quantitative estimate of drug-likeness (QED) is 0.0477. The summed E-state index contributed by atoms with van der Waals surface area (Å²) < 4.78 is 0. The van der Waals surface area contributed by atoms with Crippen LogP contribution < -0.4 is 26.6 Å². The Labute approximate surface area is 362 Å². The molecule has 0 unspecified atom stereocenters. The second-order valence-corrected chi connectivity index (χ2v) is 16.4. The number of hydrogen-bond donors (Lipinski definition) is 8. The lowest BCUT2D eigenvalue weighted by Gasteiger charge is -2.38. The van der Waals surface area contributed by atoms with Gasteiger partial charge in [-0.15, -0.1) is 5.06 Å². The van der Waals surface area contributed by atoms with Gasteiger partial charge in [-0.1, -0.05) is 48.9 Å². The van der Waals surface area contributed by atoms with Crippen molar-refractivity contribution in [3.8, 4) is 0 Å². The third kappa shape index (κ3) is 13.0. The van der Waals surface area contributed by atoms with Crippen molar-refractivity contribution in [2.24, 2.45) is 17.3 Å². The highest BCUT2D eigenvalue weighted by Gasteiger charge is 2.54. The van der Waals surface area contributed by atoms with E-state index in [0.29, 0.717) is 43.6 Å². The molecule has 0 radical (unpaired) electrons. The number of carboxylic acid groups (broad SMARTS) is 3. The Morgan fingerprint density at radius 1 is 0.746 bits per heavy atom. The van der Waals surface area contributed by atoms with Crippen LogP contribution in [0.15, 0.2) is 42.5 Å². The van der Waals surface area contributed by atoms with Crippen molar-refractivity contribution in [3.63, 3.8) is 0 Å². The van der Waals surface area contributed by atoms with Crippen LogP contribution in [0.4, 0.5) is 4.79 Å². The van der Waals surface area contributed by atoms with E-state index in [2.05, 4.69) is 26.6 Å². The molecule has 0 bridgehead atoms. The predicted molar refractivity (Wildman–Crippen MR) is 220 cm³/mol. The molecule has 1 heterocycles. The predicted octanol–water partition coefficient (Wildman–Crippen LogP) is 1.92. The Morgan fingerprint density at radius 2 is 1.38 bits per heavy atom. The van der Waals surface area contributed by atoms with Gasteiger partial charge in [-0.05, 0) is 86.5 Å². The Balaban J connectivity index is 1.11. The molecule has 2 saturated carbocycles. The number of carboxylic acids is 3. The number of aliphatic carboxylic acids is 3. The number of hydrogen-bond acceptors (Lipinski definition) is 11. The first-order valence-electron chi connectivity index (χ1n) is 21.2. The average molecular weight is 879 g/mol. The van der Waals surface area contributed by atoms with Crippen LogP contribution >= 0.6 is 0 Å². The third-order valence-corrected chi connectivity index (χ3v) is 11.9. The van der Waals surface area contributed by atoms with Gasteiger partial charge in [-0.2, -0.15) is 0 Å². The summed E-state index contributed by atoms with van der Waals surface area (Å²) in [4.78, 5) is 129. The van der Waals surface area contributed by atoms with Gasteiger partial charge in [0.05, 0.1) is 0 Å². The van der Waals surface area contributed by atoms with Gasteiger partial charge in [0.2, 0.25) is 17.7 Å². The molecule has 3 aliphatic rings. The Kier molecular flexibility index (Phi) is 16.5. The average Bonchev–Trinajstić information content (AvgIpc) is 3.55. The van der Waals surface area contributed by atoms with Crippen molar-refractivity contribution >= 4 is 70.2 Å². The molecule has 340 valence electrons. The van der Waals surface area contributed by atoms with E-state index >= 15 is 0 Å². The molecular formula is C43H54N6O14. The van der Waals surface area contributed by atoms with Gasteiger partial charge in [0.25, 0.3) is 11.8 Å². The third-order valence-electron chi connectivity index (χ3n) is 11.9. The van der Waals surface area contributed by atoms with E-state index in [0.717, 1.165) is 16.3 Å². The van der Waals surface area contributed by atoms with Crippen LogP contribution in [-0.4, -0.2) is 111 Å². The first kappa shape index (κ1) is 47.4. The molecule has 3 atom stereocenters. The molecular weight excluding hydrogens is 825 g/mol. The Hall–Kier alpha value is -6.60. The maximum atomic E-state index is 13.7. The Bertz CT molecular complexity index is 2060. The van der Waals surface area contributed by atoms with Crippen LogP contribution in [0.25, 0.3) is 10.8 Å². The van der Waals surface area contributed by atoms with Gasteiger partial charge >= 0.3 is 29.9 Å². The van der Waals surface area contributed by atoms with Gasteiger partial charge < -0.3 is 46.7 Å². The summed E-state index contributed by atoms with van der Waals surface area (Å²) in [6.07, 6.45) is 2.82. The normalized spacial score (nSPS) is 19.4. The summed E-state index contributed by atoms with van der Waals surface area (Å²) in [5.41, 5.74) is -0.666. The molecule has 7 amide bonds. The topological polar surface area (TPSA) is 304 Å². The van der Waals surface area contributed by atoms with Crippen LogP contribution in [0.1, 0.15) is 95.5 Å². The van der Waals surface area contributed by atoms with Gasteiger partial charge in [0.1, 0.15) is 23.5 Å². The number of unbranched alkanes of at least 4 members (excludes halogenated alkanes) is 1. The van der Waals surface area contributed by atoms with E-state index in [1.165, 1.54) is 0 Å². The minimum atomic E-state index is -1.54. The summed E-state index contributed by atoms with van der Waals surface area (Å²) in [5.74, 6) is -7.97. The summed E-state index contributed by atoms with van der Waals surface area (Å²) in [7, 11) is 0. The largest absolute Gasteiger partial charge is 0.481 e. The minimum Gasteiger partial charge on any atom is -0.481 e. The number of nitrogens with one attached hydrogen (secondary N) is 5. The number of fused-ring (bicyclic) bond motifs is 1. The van der Waals surface area contributed by atoms with Crippen LogP contribution in [0.5, 0.6) is 0 Å². The fourth-order valence-corrected chi connectivity index (χ4v) is 7.97. The molecule has 63 heavy (non-hydrogen) atoms. The van der Waals surface area contributed by atoms with Crippen LogP contribution in [0.2, 0.25) is 0 Å². The van der Waals surface area contributed by atoms with Crippen molar-refractivity contribution in [2.45, 2.75) is 114 Å².